The Balaban J connectivity index is 2.38. The van der Waals surface area contributed by atoms with Crippen LogP contribution in [0.25, 0.3) is 0 Å². The van der Waals surface area contributed by atoms with E-state index < -0.39 is 16.1 Å². The Morgan fingerprint density at radius 1 is 0.933 bits per heavy atom. The topological polar surface area (TPSA) is 66.5 Å². The summed E-state index contributed by atoms with van der Waals surface area (Å²) < 4.78 is 26.6. The van der Waals surface area contributed by atoms with E-state index in [2.05, 4.69) is 24.4 Å². The number of aryl methyl sites for hydroxylation is 5. The second-order valence-electron chi connectivity index (χ2n) is 8.27. The van der Waals surface area contributed by atoms with Crippen LogP contribution in [0.15, 0.2) is 30.3 Å². The molecule has 5 nitrogen and oxygen atoms in total. The normalized spacial score (nSPS) is 13.6. The number of sulfonamides is 1. The SMILES string of the molecule is CC[C@H](C(=O)N[C@@H](C)c1cc(C)c(C)cc1C)N(c1ccc(C)c(C)c1)S(C)(=O)=O. The van der Waals surface area contributed by atoms with Crippen LogP contribution in [0.1, 0.15) is 59.7 Å². The van der Waals surface area contributed by atoms with Crippen LogP contribution in [0.5, 0.6) is 0 Å². The van der Waals surface area contributed by atoms with Gasteiger partial charge in [-0.25, -0.2) is 8.42 Å². The van der Waals surface area contributed by atoms with Crippen molar-refractivity contribution in [3.63, 3.8) is 0 Å². The molecule has 0 radical (unpaired) electrons. The van der Waals surface area contributed by atoms with E-state index in [-0.39, 0.29) is 11.9 Å². The summed E-state index contributed by atoms with van der Waals surface area (Å²) in [6.07, 6.45) is 1.51. The molecule has 2 aromatic carbocycles. The number of nitrogens with zero attached hydrogens (tertiary/aromatic N) is 1. The molecule has 1 N–H and O–H groups in total. The molecule has 0 saturated carbocycles. The highest BCUT2D eigenvalue weighted by Gasteiger charge is 2.32. The molecule has 1 amide bonds. The van der Waals surface area contributed by atoms with E-state index in [9.17, 15) is 13.2 Å². The van der Waals surface area contributed by atoms with Gasteiger partial charge in [-0.3, -0.25) is 9.10 Å². The molecule has 0 aromatic heterocycles. The minimum absolute atomic E-state index is 0.230. The van der Waals surface area contributed by atoms with Gasteiger partial charge in [0.15, 0.2) is 0 Å². The Morgan fingerprint density at radius 2 is 1.50 bits per heavy atom. The number of hydrogen-bond donors (Lipinski definition) is 1. The fourth-order valence-corrected chi connectivity index (χ4v) is 4.96. The molecular formula is C24H34N2O3S. The fourth-order valence-electron chi connectivity index (χ4n) is 3.76. The molecular weight excluding hydrogens is 396 g/mol. The van der Waals surface area contributed by atoms with E-state index in [0.29, 0.717) is 12.1 Å². The third kappa shape index (κ3) is 5.22. The maximum atomic E-state index is 13.2. The Labute approximate surface area is 181 Å². The number of rotatable bonds is 7. The van der Waals surface area contributed by atoms with Gasteiger partial charge in [0, 0.05) is 0 Å². The zero-order chi connectivity index (χ0) is 22.8. The zero-order valence-corrected chi connectivity index (χ0v) is 20.1. The second-order valence-corrected chi connectivity index (χ2v) is 10.1. The molecule has 0 aliphatic carbocycles. The lowest BCUT2D eigenvalue weighted by molar-refractivity contribution is -0.122. The quantitative estimate of drug-likeness (QED) is 0.695. The summed E-state index contributed by atoms with van der Waals surface area (Å²) in [6.45, 7) is 13.8. The summed E-state index contributed by atoms with van der Waals surface area (Å²) in [7, 11) is -3.65. The van der Waals surface area contributed by atoms with Crippen molar-refractivity contribution in [2.24, 2.45) is 0 Å². The average Bonchev–Trinajstić information content (AvgIpc) is 2.63. The molecule has 164 valence electrons. The van der Waals surface area contributed by atoms with Gasteiger partial charge in [-0.15, -0.1) is 0 Å². The van der Waals surface area contributed by atoms with Crippen molar-refractivity contribution >= 4 is 21.6 Å². The monoisotopic (exact) mass is 430 g/mol. The van der Waals surface area contributed by atoms with Crippen molar-refractivity contribution in [3.05, 3.63) is 63.7 Å². The summed E-state index contributed by atoms with van der Waals surface area (Å²) in [4.78, 5) is 13.2. The Kier molecular flexibility index (Phi) is 7.35. The van der Waals surface area contributed by atoms with E-state index in [1.807, 2.05) is 53.7 Å². The molecule has 0 fully saturated rings. The molecule has 6 heteroatoms. The van der Waals surface area contributed by atoms with Gasteiger partial charge in [0.1, 0.15) is 6.04 Å². The number of anilines is 1. The fraction of sp³-hybridized carbons (Fsp3) is 0.458. The lowest BCUT2D eigenvalue weighted by Crippen LogP contribution is -2.49. The van der Waals surface area contributed by atoms with Crippen LogP contribution in [-0.2, 0) is 14.8 Å². The van der Waals surface area contributed by atoms with Crippen molar-refractivity contribution in [2.45, 2.75) is 67.0 Å². The molecule has 0 aliphatic heterocycles. The van der Waals surface area contributed by atoms with Crippen LogP contribution >= 0.6 is 0 Å². The zero-order valence-electron chi connectivity index (χ0n) is 19.3. The summed E-state index contributed by atoms with van der Waals surface area (Å²) in [5.41, 5.74) is 7.08. The largest absolute Gasteiger partial charge is 0.348 e. The minimum atomic E-state index is -3.65. The molecule has 0 heterocycles. The second kappa shape index (κ2) is 9.21. The molecule has 2 atom stereocenters. The molecule has 30 heavy (non-hydrogen) atoms. The Morgan fingerprint density at radius 3 is 2.03 bits per heavy atom. The standard InChI is InChI=1S/C24H34N2O3S/c1-9-23(26(30(8,28)29)21-11-10-15(2)17(4)13-21)24(27)25-20(7)22-14-18(5)16(3)12-19(22)6/h10-14,20,23H,9H2,1-8H3,(H,25,27)/t20-,23+/m0/s1. The van der Waals surface area contributed by atoms with Gasteiger partial charge in [0.2, 0.25) is 15.9 Å². The van der Waals surface area contributed by atoms with Crippen LogP contribution in [0.2, 0.25) is 0 Å². The van der Waals surface area contributed by atoms with Crippen molar-refractivity contribution in [2.75, 3.05) is 10.6 Å². The molecule has 2 rings (SSSR count). The van der Waals surface area contributed by atoms with E-state index in [1.54, 1.807) is 6.07 Å². The molecule has 2 aromatic rings. The van der Waals surface area contributed by atoms with Gasteiger partial charge >= 0.3 is 0 Å². The smallest absolute Gasteiger partial charge is 0.244 e. The van der Waals surface area contributed by atoms with Crippen LogP contribution < -0.4 is 9.62 Å². The number of hydrogen-bond acceptors (Lipinski definition) is 3. The third-order valence-corrected chi connectivity index (χ3v) is 6.96. The molecule has 0 unspecified atom stereocenters. The van der Waals surface area contributed by atoms with E-state index in [0.717, 1.165) is 34.1 Å². The van der Waals surface area contributed by atoms with Gasteiger partial charge in [-0.05, 0) is 93.5 Å². The van der Waals surface area contributed by atoms with Gasteiger partial charge in [-0.2, -0.15) is 0 Å². The third-order valence-electron chi connectivity index (χ3n) is 5.78. The van der Waals surface area contributed by atoms with Crippen molar-refractivity contribution in [3.8, 4) is 0 Å². The molecule has 0 saturated heterocycles. The van der Waals surface area contributed by atoms with Gasteiger partial charge in [0.25, 0.3) is 0 Å². The van der Waals surface area contributed by atoms with Crippen LogP contribution in [0.3, 0.4) is 0 Å². The minimum Gasteiger partial charge on any atom is -0.348 e. The Hall–Kier alpha value is -2.34. The summed E-state index contributed by atoms with van der Waals surface area (Å²) in [5.74, 6) is -0.300. The summed E-state index contributed by atoms with van der Waals surface area (Å²) in [5, 5.41) is 3.04. The van der Waals surface area contributed by atoms with Crippen LogP contribution in [-0.4, -0.2) is 26.6 Å². The Bertz CT molecular complexity index is 1040. The van der Waals surface area contributed by atoms with E-state index in [4.69, 9.17) is 0 Å². The summed E-state index contributed by atoms with van der Waals surface area (Å²) in [6, 6.07) is 8.62. The number of carbonyl (C=O) groups is 1. The van der Waals surface area contributed by atoms with Crippen LogP contribution in [0.4, 0.5) is 5.69 Å². The first kappa shape index (κ1) is 23.9. The van der Waals surface area contributed by atoms with Crippen LogP contribution in [0, 0.1) is 34.6 Å². The molecule has 0 bridgehead atoms. The first-order chi connectivity index (χ1) is 13.9. The first-order valence-corrected chi connectivity index (χ1v) is 12.2. The lowest BCUT2D eigenvalue weighted by Gasteiger charge is -2.31. The highest BCUT2D eigenvalue weighted by molar-refractivity contribution is 7.92. The van der Waals surface area contributed by atoms with Crippen molar-refractivity contribution < 1.29 is 13.2 Å². The average molecular weight is 431 g/mol. The van der Waals surface area contributed by atoms with Crippen molar-refractivity contribution in [1.82, 2.24) is 5.32 Å². The highest BCUT2D eigenvalue weighted by Crippen LogP contribution is 2.26. The predicted molar refractivity (Wildman–Crippen MR) is 125 cm³/mol. The number of amides is 1. The predicted octanol–water partition coefficient (Wildman–Crippen LogP) is 4.65. The van der Waals surface area contributed by atoms with Gasteiger partial charge in [0.05, 0.1) is 18.0 Å². The molecule has 0 aliphatic rings. The molecule has 0 spiro atoms. The maximum absolute atomic E-state index is 13.2. The lowest BCUT2D eigenvalue weighted by atomic mass is 9.96. The van der Waals surface area contributed by atoms with E-state index in [1.165, 1.54) is 9.87 Å². The van der Waals surface area contributed by atoms with Crippen molar-refractivity contribution in [1.29, 1.82) is 0 Å². The summed E-state index contributed by atoms with van der Waals surface area (Å²) >= 11 is 0. The van der Waals surface area contributed by atoms with Gasteiger partial charge < -0.3 is 5.32 Å². The maximum Gasteiger partial charge on any atom is 0.244 e. The van der Waals surface area contributed by atoms with E-state index >= 15 is 0 Å². The first-order valence-electron chi connectivity index (χ1n) is 10.3. The number of nitrogens with one attached hydrogen (secondary N) is 1. The highest BCUT2D eigenvalue weighted by atomic mass is 32.2. The number of carbonyl (C=O) groups excluding carboxylic acids is 1. The van der Waals surface area contributed by atoms with Gasteiger partial charge in [-0.1, -0.05) is 25.1 Å². The number of benzene rings is 2.